The Morgan fingerprint density at radius 2 is 1.47 bits per heavy atom. The lowest BCUT2D eigenvalue weighted by atomic mass is 10.1. The molecule has 0 fully saturated rings. The van der Waals surface area contributed by atoms with Crippen LogP contribution in [0.2, 0.25) is 16.6 Å². The minimum Gasteiger partial charge on any atom is -0.272 e. The minimum absolute atomic E-state index is 0.393. The summed E-state index contributed by atoms with van der Waals surface area (Å²) in [6.45, 7) is 15.2. The maximum Gasteiger partial charge on any atom is 0.251 e. The van der Waals surface area contributed by atoms with Crippen LogP contribution in [0.15, 0.2) is 0 Å². The van der Waals surface area contributed by atoms with Crippen molar-refractivity contribution in [3.63, 3.8) is 0 Å². The van der Waals surface area contributed by atoms with Crippen molar-refractivity contribution >= 4 is 14.0 Å². The summed E-state index contributed by atoms with van der Waals surface area (Å²) in [5, 5.41) is 0. The van der Waals surface area contributed by atoms with Crippen molar-refractivity contribution < 1.29 is 9.28 Å². The van der Waals surface area contributed by atoms with E-state index < -0.39 is 19.9 Å². The highest BCUT2D eigenvalue weighted by molar-refractivity contribution is 6.90. The van der Waals surface area contributed by atoms with Crippen LogP contribution in [0.3, 0.4) is 0 Å². The molecule has 1 amide bonds. The van der Waals surface area contributed by atoms with Crippen LogP contribution < -0.4 is 5.54 Å². The SMILES string of the molecule is CC(CC#C[Si](C(C)C)(C(C)C)C(C)C)C(=O)NF. The molecule has 0 saturated carbocycles. The second kappa shape index (κ2) is 7.69. The van der Waals surface area contributed by atoms with Gasteiger partial charge in [0.15, 0.2) is 0 Å². The summed E-state index contributed by atoms with van der Waals surface area (Å²) in [6.07, 6.45) is 0.427. The maximum absolute atomic E-state index is 12.0. The van der Waals surface area contributed by atoms with Gasteiger partial charge in [-0.05, 0) is 16.6 Å². The molecule has 19 heavy (non-hydrogen) atoms. The molecule has 1 N–H and O–H groups in total. The van der Waals surface area contributed by atoms with E-state index in [4.69, 9.17) is 0 Å². The van der Waals surface area contributed by atoms with E-state index >= 15 is 0 Å². The van der Waals surface area contributed by atoms with Gasteiger partial charge in [0.05, 0.1) is 0 Å². The first-order valence-corrected chi connectivity index (χ1v) is 9.33. The molecule has 0 rings (SSSR count). The molecule has 0 aromatic carbocycles. The van der Waals surface area contributed by atoms with E-state index in [9.17, 15) is 9.28 Å². The highest BCUT2D eigenvalue weighted by Crippen LogP contribution is 2.40. The van der Waals surface area contributed by atoms with Gasteiger partial charge >= 0.3 is 0 Å². The molecule has 0 aliphatic rings. The first kappa shape index (κ1) is 18.2. The summed E-state index contributed by atoms with van der Waals surface area (Å²) in [7, 11) is -1.73. The summed E-state index contributed by atoms with van der Waals surface area (Å²) < 4.78 is 12.0. The summed E-state index contributed by atoms with van der Waals surface area (Å²) in [5.41, 5.74) is 6.44. The van der Waals surface area contributed by atoms with Crippen LogP contribution in [0, 0.1) is 17.4 Å². The van der Waals surface area contributed by atoms with Gasteiger partial charge in [0.2, 0.25) is 0 Å². The van der Waals surface area contributed by atoms with Crippen molar-refractivity contribution in [3.05, 3.63) is 0 Å². The van der Waals surface area contributed by atoms with Gasteiger partial charge in [-0.15, -0.1) is 15.9 Å². The van der Waals surface area contributed by atoms with Crippen molar-refractivity contribution in [1.82, 2.24) is 5.54 Å². The van der Waals surface area contributed by atoms with Crippen LogP contribution >= 0.6 is 0 Å². The molecule has 0 spiro atoms. The Morgan fingerprint density at radius 3 is 1.79 bits per heavy atom. The number of carbonyl (C=O) groups excluding carboxylic acids is 1. The summed E-state index contributed by atoms with van der Waals surface area (Å²) >= 11 is 0. The predicted molar refractivity (Wildman–Crippen MR) is 81.9 cm³/mol. The molecule has 0 aliphatic carbocycles. The molecule has 0 radical (unpaired) electrons. The molecule has 0 bridgehead atoms. The molecule has 0 aliphatic heterocycles. The highest BCUT2D eigenvalue weighted by atomic mass is 28.3. The van der Waals surface area contributed by atoms with Crippen LogP contribution in [0.5, 0.6) is 0 Å². The van der Waals surface area contributed by atoms with Crippen molar-refractivity contribution in [3.8, 4) is 11.5 Å². The largest absolute Gasteiger partial charge is 0.272 e. The normalized spacial score (nSPS) is 13.4. The number of hydrogen-bond donors (Lipinski definition) is 1. The number of rotatable bonds is 5. The van der Waals surface area contributed by atoms with Crippen LogP contribution in [0.1, 0.15) is 54.9 Å². The Kier molecular flexibility index (Phi) is 7.36. The smallest absolute Gasteiger partial charge is 0.251 e. The van der Waals surface area contributed by atoms with E-state index in [2.05, 4.69) is 53.0 Å². The zero-order valence-electron chi connectivity index (χ0n) is 13.3. The number of hydrogen-bond acceptors (Lipinski definition) is 1. The molecular weight excluding hydrogens is 257 g/mol. The fourth-order valence-electron chi connectivity index (χ4n) is 2.98. The average Bonchev–Trinajstić information content (AvgIpc) is 2.31. The molecule has 0 aromatic rings. The van der Waals surface area contributed by atoms with E-state index in [1.165, 1.54) is 5.54 Å². The van der Waals surface area contributed by atoms with Gasteiger partial charge in [0.25, 0.3) is 5.91 Å². The van der Waals surface area contributed by atoms with Gasteiger partial charge in [-0.25, -0.2) is 0 Å². The Morgan fingerprint density at radius 1 is 1.05 bits per heavy atom. The Bertz CT molecular complexity index is 333. The molecule has 0 saturated heterocycles. The topological polar surface area (TPSA) is 29.1 Å². The molecule has 2 nitrogen and oxygen atoms in total. The van der Waals surface area contributed by atoms with Crippen LogP contribution in [0.25, 0.3) is 0 Å². The van der Waals surface area contributed by atoms with Crippen LogP contribution in [-0.4, -0.2) is 14.0 Å². The Labute approximate surface area is 118 Å². The van der Waals surface area contributed by atoms with Crippen molar-refractivity contribution in [2.45, 2.75) is 71.5 Å². The fraction of sp³-hybridized carbons (Fsp3) is 0.800. The third kappa shape index (κ3) is 4.34. The lowest BCUT2D eigenvalue weighted by Gasteiger charge is -2.38. The molecule has 110 valence electrons. The van der Waals surface area contributed by atoms with E-state index in [1.54, 1.807) is 6.92 Å². The lowest BCUT2D eigenvalue weighted by molar-refractivity contribution is -0.128. The summed E-state index contributed by atoms with van der Waals surface area (Å²) in [5.74, 6) is 2.19. The van der Waals surface area contributed by atoms with Crippen molar-refractivity contribution in [2.24, 2.45) is 5.92 Å². The second-order valence-corrected chi connectivity index (χ2v) is 11.8. The zero-order valence-corrected chi connectivity index (χ0v) is 14.3. The highest BCUT2D eigenvalue weighted by Gasteiger charge is 2.41. The Balaban J connectivity index is 5.11. The molecular formula is C15H28FNOSi. The van der Waals surface area contributed by atoms with E-state index in [0.717, 1.165) is 0 Å². The van der Waals surface area contributed by atoms with Crippen LogP contribution in [0.4, 0.5) is 4.48 Å². The van der Waals surface area contributed by atoms with Gasteiger partial charge in [0, 0.05) is 12.3 Å². The third-order valence-corrected chi connectivity index (χ3v) is 10.5. The molecule has 1 atom stereocenters. The van der Waals surface area contributed by atoms with E-state index in [0.29, 0.717) is 23.0 Å². The summed E-state index contributed by atoms with van der Waals surface area (Å²) in [6, 6.07) is 0. The zero-order chi connectivity index (χ0) is 15.2. The number of halogens is 1. The predicted octanol–water partition coefficient (Wildman–Crippen LogP) is 4.23. The number of nitrogens with one attached hydrogen (secondary N) is 1. The molecule has 1 unspecified atom stereocenters. The quantitative estimate of drug-likeness (QED) is 0.457. The van der Waals surface area contributed by atoms with E-state index in [-0.39, 0.29) is 0 Å². The average molecular weight is 285 g/mol. The van der Waals surface area contributed by atoms with Crippen molar-refractivity contribution in [1.29, 1.82) is 0 Å². The summed E-state index contributed by atoms with van der Waals surface area (Å²) in [4.78, 5) is 11.1. The monoisotopic (exact) mass is 285 g/mol. The molecule has 0 aromatic heterocycles. The van der Waals surface area contributed by atoms with Crippen LogP contribution in [-0.2, 0) is 4.79 Å². The molecule has 0 heterocycles. The Hall–Kier alpha value is -0.823. The first-order valence-electron chi connectivity index (χ1n) is 7.10. The maximum atomic E-state index is 12.0. The second-order valence-electron chi connectivity index (χ2n) is 6.26. The standard InChI is InChI=1S/C15H28FNOSi/c1-11(2)19(12(3)4,13(5)6)10-8-9-14(7)15(18)17-16/h11-14H,9H2,1-7H3,(H,17,18). The van der Waals surface area contributed by atoms with Crippen molar-refractivity contribution in [2.75, 3.05) is 0 Å². The first-order chi connectivity index (χ1) is 8.70. The fourth-order valence-corrected chi connectivity index (χ4v) is 8.25. The molecule has 4 heteroatoms. The van der Waals surface area contributed by atoms with Gasteiger partial charge in [-0.1, -0.05) is 48.5 Å². The van der Waals surface area contributed by atoms with Gasteiger partial charge in [-0.3, -0.25) is 4.79 Å². The lowest BCUT2D eigenvalue weighted by Crippen LogP contribution is -2.43. The number of amides is 1. The van der Waals surface area contributed by atoms with E-state index in [1.807, 2.05) is 0 Å². The van der Waals surface area contributed by atoms with Gasteiger partial charge in [-0.2, -0.15) is 5.54 Å². The minimum atomic E-state index is -1.73. The van der Waals surface area contributed by atoms with Gasteiger partial charge < -0.3 is 0 Å². The van der Waals surface area contributed by atoms with Gasteiger partial charge in [0.1, 0.15) is 8.07 Å². The number of carbonyl (C=O) groups is 1. The third-order valence-electron chi connectivity index (χ3n) is 4.12.